The number of hydrogen-bond donors (Lipinski definition) is 1. The fourth-order valence-corrected chi connectivity index (χ4v) is 3.82. The summed E-state index contributed by atoms with van der Waals surface area (Å²) in [5.74, 6) is 0.798. The van der Waals surface area contributed by atoms with Crippen molar-refractivity contribution in [2.45, 2.75) is 58.0 Å². The molecule has 1 aliphatic carbocycles. The third-order valence-electron chi connectivity index (χ3n) is 5.23. The van der Waals surface area contributed by atoms with E-state index in [0.29, 0.717) is 5.92 Å². The van der Waals surface area contributed by atoms with Gasteiger partial charge in [0.2, 0.25) is 5.91 Å². The highest BCUT2D eigenvalue weighted by atomic mass is 16.2. The van der Waals surface area contributed by atoms with Crippen LogP contribution in [0.25, 0.3) is 0 Å². The Morgan fingerprint density at radius 1 is 1.24 bits per heavy atom. The molecule has 1 aromatic carbocycles. The fraction of sp³-hybridized carbons (Fsp3) is 0.611. The molecule has 1 saturated carbocycles. The Morgan fingerprint density at radius 2 is 2.00 bits per heavy atom. The lowest BCUT2D eigenvalue weighted by atomic mass is 9.81. The minimum Gasteiger partial charge on any atom is -0.338 e. The summed E-state index contributed by atoms with van der Waals surface area (Å²) >= 11 is 0. The van der Waals surface area contributed by atoms with Gasteiger partial charge < -0.3 is 10.6 Å². The van der Waals surface area contributed by atoms with E-state index < -0.39 is 0 Å². The minimum atomic E-state index is 0.156. The summed E-state index contributed by atoms with van der Waals surface area (Å²) in [6, 6.07) is 6.85. The molecule has 0 saturated heterocycles. The van der Waals surface area contributed by atoms with Gasteiger partial charge in [0.15, 0.2) is 0 Å². The first kappa shape index (κ1) is 14.6. The molecule has 1 aromatic rings. The number of carbonyl (C=O) groups excluding carboxylic acids is 1. The maximum atomic E-state index is 11.6. The van der Waals surface area contributed by atoms with Gasteiger partial charge in [-0.25, -0.2) is 0 Å². The number of nitrogens with zero attached hydrogens (tertiary/aromatic N) is 1. The molecule has 2 N–H and O–H groups in total. The third-order valence-corrected chi connectivity index (χ3v) is 5.23. The molecule has 1 unspecified atom stereocenters. The van der Waals surface area contributed by atoms with Crippen molar-refractivity contribution in [3.05, 3.63) is 34.9 Å². The van der Waals surface area contributed by atoms with Crippen LogP contribution in [0.5, 0.6) is 0 Å². The second-order valence-corrected chi connectivity index (χ2v) is 6.64. The smallest absolute Gasteiger partial charge is 0.219 e. The van der Waals surface area contributed by atoms with Crippen molar-refractivity contribution < 1.29 is 4.79 Å². The number of nitrogens with two attached hydrogens (primary N) is 1. The van der Waals surface area contributed by atoms with Crippen LogP contribution >= 0.6 is 0 Å². The molecule has 3 nitrogen and oxygen atoms in total. The Hall–Kier alpha value is -1.35. The second kappa shape index (κ2) is 6.18. The molecule has 114 valence electrons. The van der Waals surface area contributed by atoms with Crippen molar-refractivity contribution in [1.82, 2.24) is 4.90 Å². The minimum absolute atomic E-state index is 0.156. The lowest BCUT2D eigenvalue weighted by Gasteiger charge is -2.31. The molecule has 3 rings (SSSR count). The average molecular weight is 286 g/mol. The van der Waals surface area contributed by atoms with Gasteiger partial charge in [-0.15, -0.1) is 0 Å². The number of fused-ring (bicyclic) bond motifs is 1. The predicted molar refractivity (Wildman–Crippen MR) is 84.7 cm³/mol. The van der Waals surface area contributed by atoms with Crippen LogP contribution < -0.4 is 5.73 Å². The topological polar surface area (TPSA) is 46.3 Å². The highest BCUT2D eigenvalue weighted by Crippen LogP contribution is 2.34. The molecule has 1 fully saturated rings. The molecule has 0 spiro atoms. The van der Waals surface area contributed by atoms with E-state index in [-0.39, 0.29) is 11.9 Å². The summed E-state index contributed by atoms with van der Waals surface area (Å²) in [7, 11) is 0. The van der Waals surface area contributed by atoms with E-state index in [1.807, 2.05) is 4.90 Å². The average Bonchev–Trinajstić information content (AvgIpc) is 2.54. The summed E-state index contributed by atoms with van der Waals surface area (Å²) in [6.45, 7) is 3.24. The van der Waals surface area contributed by atoms with Gasteiger partial charge >= 0.3 is 0 Å². The van der Waals surface area contributed by atoms with Crippen LogP contribution in [-0.4, -0.2) is 17.4 Å². The van der Waals surface area contributed by atoms with E-state index in [0.717, 1.165) is 19.5 Å². The zero-order chi connectivity index (χ0) is 14.8. The van der Waals surface area contributed by atoms with Crippen LogP contribution in [-0.2, 0) is 17.8 Å². The first-order valence-corrected chi connectivity index (χ1v) is 8.28. The number of rotatable bonds is 2. The van der Waals surface area contributed by atoms with Gasteiger partial charge in [-0.3, -0.25) is 4.79 Å². The van der Waals surface area contributed by atoms with E-state index >= 15 is 0 Å². The first-order valence-electron chi connectivity index (χ1n) is 8.28. The highest BCUT2D eigenvalue weighted by Gasteiger charge is 2.24. The van der Waals surface area contributed by atoms with Crippen LogP contribution in [0.1, 0.15) is 61.8 Å². The zero-order valence-electron chi connectivity index (χ0n) is 13.0. The van der Waals surface area contributed by atoms with Gasteiger partial charge in [-0.1, -0.05) is 37.5 Å². The summed E-state index contributed by atoms with van der Waals surface area (Å²) in [5, 5.41) is 0. The van der Waals surface area contributed by atoms with Crippen LogP contribution in [0, 0.1) is 5.92 Å². The quantitative estimate of drug-likeness (QED) is 0.907. The Kier molecular flexibility index (Phi) is 4.29. The molecule has 1 aliphatic heterocycles. The maximum absolute atomic E-state index is 11.6. The monoisotopic (exact) mass is 286 g/mol. The van der Waals surface area contributed by atoms with Crippen molar-refractivity contribution in [3.8, 4) is 0 Å². The first-order chi connectivity index (χ1) is 10.1. The van der Waals surface area contributed by atoms with Crippen LogP contribution in [0.4, 0.5) is 0 Å². The largest absolute Gasteiger partial charge is 0.338 e. The van der Waals surface area contributed by atoms with E-state index in [1.54, 1.807) is 6.92 Å². The van der Waals surface area contributed by atoms with Crippen molar-refractivity contribution in [2.75, 3.05) is 6.54 Å². The van der Waals surface area contributed by atoms with Gasteiger partial charge in [0, 0.05) is 26.1 Å². The fourth-order valence-electron chi connectivity index (χ4n) is 3.82. The molecular formula is C18H26N2O. The number of hydrogen-bond acceptors (Lipinski definition) is 2. The van der Waals surface area contributed by atoms with Crippen molar-refractivity contribution in [3.63, 3.8) is 0 Å². The summed E-state index contributed by atoms with van der Waals surface area (Å²) in [5.41, 5.74) is 10.4. The summed E-state index contributed by atoms with van der Waals surface area (Å²) in [4.78, 5) is 13.5. The molecule has 0 radical (unpaired) electrons. The maximum Gasteiger partial charge on any atom is 0.219 e. The molecule has 1 amide bonds. The Bertz CT molecular complexity index is 520. The van der Waals surface area contributed by atoms with Crippen LogP contribution in [0.3, 0.4) is 0 Å². The lowest BCUT2D eigenvalue weighted by molar-refractivity contribution is -0.129. The zero-order valence-corrected chi connectivity index (χ0v) is 13.0. The Morgan fingerprint density at radius 3 is 2.71 bits per heavy atom. The van der Waals surface area contributed by atoms with Gasteiger partial charge in [-0.2, -0.15) is 0 Å². The van der Waals surface area contributed by atoms with E-state index in [2.05, 4.69) is 18.2 Å². The summed E-state index contributed by atoms with van der Waals surface area (Å²) in [6.07, 6.45) is 7.49. The molecule has 3 heteroatoms. The van der Waals surface area contributed by atoms with Crippen molar-refractivity contribution in [2.24, 2.45) is 11.7 Å². The summed E-state index contributed by atoms with van der Waals surface area (Å²) < 4.78 is 0. The van der Waals surface area contributed by atoms with Gasteiger partial charge in [0.1, 0.15) is 0 Å². The van der Waals surface area contributed by atoms with E-state index in [1.165, 1.54) is 48.8 Å². The second-order valence-electron chi connectivity index (χ2n) is 6.64. The number of amides is 1. The van der Waals surface area contributed by atoms with Crippen LogP contribution in [0.15, 0.2) is 18.2 Å². The molecule has 1 heterocycles. The molecule has 1 atom stereocenters. The van der Waals surface area contributed by atoms with Gasteiger partial charge in [0.05, 0.1) is 0 Å². The van der Waals surface area contributed by atoms with Gasteiger partial charge in [0.25, 0.3) is 0 Å². The molecule has 0 bridgehead atoms. The van der Waals surface area contributed by atoms with E-state index in [9.17, 15) is 4.79 Å². The highest BCUT2D eigenvalue weighted by molar-refractivity contribution is 5.73. The normalized spacial score (nSPS) is 21.0. The van der Waals surface area contributed by atoms with Crippen molar-refractivity contribution >= 4 is 5.91 Å². The number of carbonyl (C=O) groups is 1. The van der Waals surface area contributed by atoms with Gasteiger partial charge in [-0.05, 0) is 41.9 Å². The third kappa shape index (κ3) is 3.13. The van der Waals surface area contributed by atoms with E-state index in [4.69, 9.17) is 5.73 Å². The number of benzene rings is 1. The van der Waals surface area contributed by atoms with Crippen LogP contribution in [0.2, 0.25) is 0 Å². The standard InChI is InChI=1S/C18H26N2O/c1-13(21)20-10-9-14-7-8-16(11-17(14)12-20)18(19)15-5-3-2-4-6-15/h7-8,11,15,18H,2-6,9-10,12,19H2,1H3. The lowest BCUT2D eigenvalue weighted by Crippen LogP contribution is -2.34. The molecular weight excluding hydrogens is 260 g/mol. The molecule has 0 aromatic heterocycles. The molecule has 2 aliphatic rings. The SMILES string of the molecule is CC(=O)N1CCc2ccc(C(N)C3CCCCC3)cc2C1. The Labute approximate surface area is 127 Å². The van der Waals surface area contributed by atoms with Crippen molar-refractivity contribution in [1.29, 1.82) is 0 Å². The molecule has 21 heavy (non-hydrogen) atoms. The Balaban J connectivity index is 1.78. The predicted octanol–water partition coefficient (Wildman–Crippen LogP) is 3.17.